The molecule has 1 aromatic carbocycles. The van der Waals surface area contributed by atoms with Gasteiger partial charge in [-0.05, 0) is 31.0 Å². The highest BCUT2D eigenvalue weighted by atomic mass is 16.5. The van der Waals surface area contributed by atoms with E-state index in [4.69, 9.17) is 15.0 Å². The first kappa shape index (κ1) is 13.1. The maximum Gasteiger partial charge on any atom is 0.229 e. The molecule has 2 unspecified atom stereocenters. The van der Waals surface area contributed by atoms with Crippen molar-refractivity contribution >= 4 is 0 Å². The molecule has 0 radical (unpaired) electrons. The molecule has 0 saturated carbocycles. The summed E-state index contributed by atoms with van der Waals surface area (Å²) in [5.74, 6) is 2.47. The van der Waals surface area contributed by atoms with Gasteiger partial charge in [-0.25, -0.2) is 0 Å². The van der Waals surface area contributed by atoms with Crippen LogP contribution in [0.25, 0.3) is 0 Å². The van der Waals surface area contributed by atoms with Crippen LogP contribution in [0.15, 0.2) is 28.8 Å². The van der Waals surface area contributed by atoms with Gasteiger partial charge in [0.1, 0.15) is 5.75 Å². The Kier molecular flexibility index (Phi) is 3.69. The third-order valence-corrected chi connectivity index (χ3v) is 3.66. The van der Waals surface area contributed by atoms with Crippen LogP contribution in [0, 0.1) is 0 Å². The fourth-order valence-corrected chi connectivity index (χ4v) is 2.45. The van der Waals surface area contributed by atoms with Crippen molar-refractivity contribution in [1.29, 1.82) is 0 Å². The standard InChI is InChI=1S/C15H19N3O2/c1-10(5-4-8-16)15-17-14(18-20-15)13-9-11-6-2-3-7-12(11)19-13/h2-3,6-7,10,13H,4-5,8-9,16H2,1H3. The molecule has 3 rings (SSSR count). The number of aromatic nitrogens is 2. The fraction of sp³-hybridized carbons (Fsp3) is 0.467. The highest BCUT2D eigenvalue weighted by Crippen LogP contribution is 2.35. The summed E-state index contributed by atoms with van der Waals surface area (Å²) in [5.41, 5.74) is 6.72. The molecule has 1 aliphatic heterocycles. The topological polar surface area (TPSA) is 74.2 Å². The molecule has 2 N–H and O–H groups in total. The Morgan fingerprint density at radius 2 is 2.25 bits per heavy atom. The predicted octanol–water partition coefficient (Wildman–Crippen LogP) is 2.59. The third kappa shape index (κ3) is 2.54. The smallest absolute Gasteiger partial charge is 0.229 e. The van der Waals surface area contributed by atoms with E-state index in [2.05, 4.69) is 23.1 Å². The first-order valence-electron chi connectivity index (χ1n) is 7.06. The fourth-order valence-electron chi connectivity index (χ4n) is 2.45. The second-order valence-electron chi connectivity index (χ2n) is 5.24. The van der Waals surface area contributed by atoms with E-state index in [1.54, 1.807) is 0 Å². The third-order valence-electron chi connectivity index (χ3n) is 3.66. The lowest BCUT2D eigenvalue weighted by Gasteiger charge is -2.05. The van der Waals surface area contributed by atoms with E-state index in [1.165, 1.54) is 5.56 Å². The molecule has 1 aliphatic rings. The van der Waals surface area contributed by atoms with E-state index >= 15 is 0 Å². The predicted molar refractivity (Wildman–Crippen MR) is 74.5 cm³/mol. The Hall–Kier alpha value is -1.88. The minimum Gasteiger partial charge on any atom is -0.482 e. The van der Waals surface area contributed by atoms with Gasteiger partial charge in [0.25, 0.3) is 0 Å². The normalized spacial score (nSPS) is 18.6. The van der Waals surface area contributed by atoms with Crippen molar-refractivity contribution in [2.24, 2.45) is 5.73 Å². The summed E-state index contributed by atoms with van der Waals surface area (Å²) in [6.45, 7) is 2.77. The van der Waals surface area contributed by atoms with Crippen molar-refractivity contribution in [2.75, 3.05) is 6.54 Å². The number of hydrogen-bond acceptors (Lipinski definition) is 5. The van der Waals surface area contributed by atoms with Crippen molar-refractivity contribution in [2.45, 2.75) is 38.2 Å². The molecule has 0 saturated heterocycles. The van der Waals surface area contributed by atoms with Crippen LogP contribution in [0.4, 0.5) is 0 Å². The zero-order chi connectivity index (χ0) is 13.9. The number of hydrogen-bond donors (Lipinski definition) is 1. The summed E-state index contributed by atoms with van der Waals surface area (Å²) in [7, 11) is 0. The zero-order valence-corrected chi connectivity index (χ0v) is 11.6. The van der Waals surface area contributed by atoms with Crippen molar-refractivity contribution in [3.05, 3.63) is 41.5 Å². The molecule has 5 heteroatoms. The van der Waals surface area contributed by atoms with Gasteiger partial charge in [0.05, 0.1) is 0 Å². The SMILES string of the molecule is CC(CCCN)c1nc(C2Cc3ccccc3O2)no1. The van der Waals surface area contributed by atoms with Crippen LogP contribution >= 0.6 is 0 Å². The van der Waals surface area contributed by atoms with Crippen LogP contribution in [-0.4, -0.2) is 16.7 Å². The molecule has 0 aliphatic carbocycles. The van der Waals surface area contributed by atoms with E-state index < -0.39 is 0 Å². The Balaban J connectivity index is 1.69. The van der Waals surface area contributed by atoms with Gasteiger partial charge in [-0.2, -0.15) is 4.98 Å². The molecule has 5 nitrogen and oxygen atoms in total. The molecule has 0 fully saturated rings. The average molecular weight is 273 g/mol. The van der Waals surface area contributed by atoms with Crippen LogP contribution in [0.5, 0.6) is 5.75 Å². The molecule has 2 atom stereocenters. The van der Waals surface area contributed by atoms with E-state index in [-0.39, 0.29) is 12.0 Å². The van der Waals surface area contributed by atoms with Crippen molar-refractivity contribution < 1.29 is 9.26 Å². The zero-order valence-electron chi connectivity index (χ0n) is 11.6. The quantitative estimate of drug-likeness (QED) is 0.906. The Morgan fingerprint density at radius 1 is 1.40 bits per heavy atom. The minimum absolute atomic E-state index is 0.133. The lowest BCUT2D eigenvalue weighted by atomic mass is 10.1. The lowest BCUT2D eigenvalue weighted by molar-refractivity contribution is 0.220. The van der Waals surface area contributed by atoms with E-state index in [9.17, 15) is 0 Å². The number of ether oxygens (including phenoxy) is 1. The van der Waals surface area contributed by atoms with E-state index in [0.29, 0.717) is 18.3 Å². The van der Waals surface area contributed by atoms with Gasteiger partial charge in [0, 0.05) is 12.3 Å². The van der Waals surface area contributed by atoms with Crippen molar-refractivity contribution in [1.82, 2.24) is 10.1 Å². The van der Waals surface area contributed by atoms with Crippen LogP contribution in [0.2, 0.25) is 0 Å². The molecular weight excluding hydrogens is 254 g/mol. The summed E-state index contributed by atoms with van der Waals surface area (Å²) in [5, 5.41) is 4.07. The molecule has 106 valence electrons. The molecule has 2 heterocycles. The second-order valence-corrected chi connectivity index (χ2v) is 5.24. The van der Waals surface area contributed by atoms with Gasteiger partial charge in [-0.1, -0.05) is 30.3 Å². The molecule has 2 aromatic rings. The number of nitrogens with two attached hydrogens (primary N) is 1. The highest BCUT2D eigenvalue weighted by Gasteiger charge is 2.28. The summed E-state index contributed by atoms with van der Waals surface area (Å²) < 4.78 is 11.2. The number of para-hydroxylation sites is 1. The van der Waals surface area contributed by atoms with Crippen LogP contribution in [0.3, 0.4) is 0 Å². The summed E-state index contributed by atoms with van der Waals surface area (Å²) in [4.78, 5) is 4.48. The van der Waals surface area contributed by atoms with Crippen molar-refractivity contribution in [3.63, 3.8) is 0 Å². The molecule has 0 bridgehead atoms. The summed E-state index contributed by atoms with van der Waals surface area (Å²) >= 11 is 0. The highest BCUT2D eigenvalue weighted by molar-refractivity contribution is 5.37. The molecule has 20 heavy (non-hydrogen) atoms. The van der Waals surface area contributed by atoms with Gasteiger partial charge in [-0.15, -0.1) is 0 Å². The molecule has 0 spiro atoms. The number of rotatable bonds is 5. The minimum atomic E-state index is -0.133. The van der Waals surface area contributed by atoms with Gasteiger partial charge >= 0.3 is 0 Å². The maximum absolute atomic E-state index is 5.86. The van der Waals surface area contributed by atoms with Gasteiger partial charge in [0.2, 0.25) is 11.7 Å². The van der Waals surface area contributed by atoms with Gasteiger partial charge in [-0.3, -0.25) is 0 Å². The van der Waals surface area contributed by atoms with Crippen LogP contribution < -0.4 is 10.5 Å². The number of benzene rings is 1. The lowest BCUT2D eigenvalue weighted by Crippen LogP contribution is -2.06. The van der Waals surface area contributed by atoms with Gasteiger partial charge in [0.15, 0.2) is 6.10 Å². The largest absolute Gasteiger partial charge is 0.482 e. The second kappa shape index (κ2) is 5.63. The maximum atomic E-state index is 5.86. The molecular formula is C15H19N3O2. The van der Waals surface area contributed by atoms with Crippen molar-refractivity contribution in [3.8, 4) is 5.75 Å². The average Bonchev–Trinajstić information content (AvgIpc) is 3.10. The Morgan fingerprint density at radius 3 is 3.05 bits per heavy atom. The Bertz CT molecular complexity index is 557. The summed E-state index contributed by atoms with van der Waals surface area (Å²) in [6, 6.07) is 8.03. The molecule has 0 amide bonds. The number of nitrogens with zero attached hydrogens (tertiary/aromatic N) is 2. The molecule has 1 aromatic heterocycles. The number of fused-ring (bicyclic) bond motifs is 1. The van der Waals surface area contributed by atoms with E-state index in [1.807, 2.05) is 18.2 Å². The monoisotopic (exact) mass is 273 g/mol. The van der Waals surface area contributed by atoms with Crippen LogP contribution in [-0.2, 0) is 6.42 Å². The Labute approximate surface area is 118 Å². The summed E-state index contributed by atoms with van der Waals surface area (Å²) in [6.07, 6.45) is 2.59. The van der Waals surface area contributed by atoms with Crippen LogP contribution in [0.1, 0.15) is 49.1 Å². The first-order chi connectivity index (χ1) is 9.78. The van der Waals surface area contributed by atoms with E-state index in [0.717, 1.165) is 25.0 Å². The van der Waals surface area contributed by atoms with Gasteiger partial charge < -0.3 is 15.0 Å². The first-order valence-corrected chi connectivity index (χ1v) is 7.06.